The van der Waals surface area contributed by atoms with Crippen LogP contribution in [0.1, 0.15) is 46.2 Å². The van der Waals surface area contributed by atoms with E-state index in [1.807, 2.05) is 53.0 Å². The zero-order valence-electron chi connectivity index (χ0n) is 24.9. The van der Waals surface area contributed by atoms with Crippen LogP contribution in [0.15, 0.2) is 41.0 Å². The van der Waals surface area contributed by atoms with Crippen molar-refractivity contribution in [2.45, 2.75) is 65.3 Å². The molecular formula is C31H43N5O5. The quantitative estimate of drug-likeness (QED) is 0.521. The molecule has 222 valence electrons. The molecule has 0 spiro atoms. The first-order chi connectivity index (χ1) is 19.6. The predicted octanol–water partition coefficient (Wildman–Crippen LogP) is 2.23. The van der Waals surface area contributed by atoms with Gasteiger partial charge in [0.15, 0.2) is 11.5 Å². The van der Waals surface area contributed by atoms with E-state index < -0.39 is 5.60 Å². The first-order valence-electron chi connectivity index (χ1n) is 14.3. The third-order valence-electron chi connectivity index (χ3n) is 7.29. The minimum absolute atomic E-state index is 0.00114. The van der Waals surface area contributed by atoms with Crippen LogP contribution in [-0.2, 0) is 17.8 Å². The summed E-state index contributed by atoms with van der Waals surface area (Å²) in [7, 11) is 1.86. The number of fused-ring (bicyclic) bond motifs is 1. The van der Waals surface area contributed by atoms with Crippen LogP contribution in [0, 0.1) is 0 Å². The van der Waals surface area contributed by atoms with Crippen molar-refractivity contribution >= 4 is 18.7 Å². The standard InChI is InChI=1S/C31H43N5O5/c1-7-23(32-6)18-26-22(2)8-9-29(37)35(26)15-14-34-12-10-25(11-13-34)36(30(38)41-31(3,4)5)21-24-19-27-28(20-33-24)40-17-16-39-27/h7-9,18-20,25,32H,2,10-17,21H2,1,3-6H3/b23-7+,26-18+. The lowest BCUT2D eigenvalue weighted by atomic mass is 10.0. The highest BCUT2D eigenvalue weighted by atomic mass is 16.6. The number of ether oxygens (including phenoxy) is 3. The van der Waals surface area contributed by atoms with E-state index in [4.69, 9.17) is 14.2 Å². The fourth-order valence-electron chi connectivity index (χ4n) is 5.10. The molecule has 2 aliphatic heterocycles. The van der Waals surface area contributed by atoms with Gasteiger partial charge in [-0.1, -0.05) is 12.7 Å². The molecule has 0 radical (unpaired) electrons. The molecule has 0 saturated carbocycles. The number of carbonyl (C=O) groups is 1. The van der Waals surface area contributed by atoms with E-state index in [9.17, 15) is 9.59 Å². The summed E-state index contributed by atoms with van der Waals surface area (Å²) in [4.78, 5) is 34.8. The average molecular weight is 566 g/mol. The van der Waals surface area contributed by atoms with Crippen molar-refractivity contribution in [3.8, 4) is 11.5 Å². The van der Waals surface area contributed by atoms with Crippen LogP contribution >= 0.6 is 0 Å². The molecule has 0 aliphatic carbocycles. The fourth-order valence-corrected chi connectivity index (χ4v) is 5.10. The van der Waals surface area contributed by atoms with Gasteiger partial charge in [-0.25, -0.2) is 4.79 Å². The molecule has 4 rings (SSSR count). The number of nitrogens with one attached hydrogen (secondary N) is 1. The Morgan fingerprint density at radius 2 is 1.90 bits per heavy atom. The van der Waals surface area contributed by atoms with Gasteiger partial charge < -0.3 is 29.0 Å². The van der Waals surface area contributed by atoms with E-state index in [1.54, 1.807) is 27.8 Å². The van der Waals surface area contributed by atoms with Gasteiger partial charge >= 0.3 is 6.09 Å². The van der Waals surface area contributed by atoms with Gasteiger partial charge in [0.2, 0.25) is 0 Å². The first kappa shape index (κ1) is 30.2. The summed E-state index contributed by atoms with van der Waals surface area (Å²) in [5, 5.41) is 4.75. The second kappa shape index (κ2) is 13.2. The lowest BCUT2D eigenvalue weighted by Gasteiger charge is -2.39. The van der Waals surface area contributed by atoms with Crippen LogP contribution in [0.2, 0.25) is 0 Å². The highest BCUT2D eigenvalue weighted by Crippen LogP contribution is 2.30. The van der Waals surface area contributed by atoms with Crippen molar-refractivity contribution in [2.75, 3.05) is 39.9 Å². The van der Waals surface area contributed by atoms with Crippen molar-refractivity contribution in [3.63, 3.8) is 0 Å². The van der Waals surface area contributed by atoms with Gasteiger partial charge in [-0.05, 0) is 57.9 Å². The van der Waals surface area contributed by atoms with Gasteiger partial charge in [0.1, 0.15) is 18.8 Å². The molecule has 2 aromatic heterocycles. The zero-order valence-corrected chi connectivity index (χ0v) is 24.9. The summed E-state index contributed by atoms with van der Waals surface area (Å²) < 4.78 is 18.9. The number of likely N-dealkylation sites (tertiary alicyclic amines) is 1. The van der Waals surface area contributed by atoms with Gasteiger partial charge in [-0.2, -0.15) is 0 Å². The van der Waals surface area contributed by atoms with Gasteiger partial charge in [0.05, 0.1) is 23.8 Å². The monoisotopic (exact) mass is 565 g/mol. The summed E-state index contributed by atoms with van der Waals surface area (Å²) in [5.41, 5.74) is 0.986. The number of hydrogen-bond donors (Lipinski definition) is 1. The second-order valence-electron chi connectivity index (χ2n) is 11.4. The normalized spacial score (nSPS) is 16.9. The molecule has 0 bridgehead atoms. The maximum Gasteiger partial charge on any atom is 0.410 e. The molecule has 2 aromatic rings. The number of nitrogens with zero attached hydrogens (tertiary/aromatic N) is 4. The highest BCUT2D eigenvalue weighted by Gasteiger charge is 2.32. The second-order valence-corrected chi connectivity index (χ2v) is 11.4. The van der Waals surface area contributed by atoms with Crippen LogP contribution in [0.3, 0.4) is 0 Å². The Bertz CT molecular complexity index is 1420. The number of hydrogen-bond acceptors (Lipinski definition) is 8. The van der Waals surface area contributed by atoms with E-state index in [-0.39, 0.29) is 17.7 Å². The van der Waals surface area contributed by atoms with Crippen LogP contribution < -0.4 is 30.9 Å². The van der Waals surface area contributed by atoms with E-state index in [1.165, 1.54) is 0 Å². The van der Waals surface area contributed by atoms with Gasteiger partial charge in [0.25, 0.3) is 5.56 Å². The maximum absolute atomic E-state index is 13.3. The third kappa shape index (κ3) is 7.91. The Hall–Kier alpha value is -3.79. The Labute approximate surface area is 241 Å². The van der Waals surface area contributed by atoms with E-state index >= 15 is 0 Å². The van der Waals surface area contributed by atoms with Gasteiger partial charge in [0, 0.05) is 57.1 Å². The highest BCUT2D eigenvalue weighted by molar-refractivity contribution is 5.68. The molecular weight excluding hydrogens is 522 g/mol. The molecule has 0 aromatic carbocycles. The number of rotatable bonds is 8. The summed E-state index contributed by atoms with van der Waals surface area (Å²) in [6.45, 7) is 15.9. The molecule has 0 unspecified atom stereocenters. The summed E-state index contributed by atoms with van der Waals surface area (Å²) in [6, 6.07) is 5.18. The summed E-state index contributed by atoms with van der Waals surface area (Å²) >= 11 is 0. The molecule has 2 aliphatic rings. The molecule has 10 heteroatoms. The number of allylic oxidation sites excluding steroid dienone is 2. The number of amides is 1. The number of carbonyl (C=O) groups excluding carboxylic acids is 1. The number of piperidine rings is 1. The van der Waals surface area contributed by atoms with E-state index in [0.717, 1.165) is 54.4 Å². The Morgan fingerprint density at radius 1 is 1.20 bits per heavy atom. The SMILES string of the molecule is C=c1ccc(=O)n(CCN2CCC(N(Cc3cc4c(cn3)OCCO4)C(=O)OC(C)(C)C)CC2)/c1=C/C(=C\C)NC. The van der Waals surface area contributed by atoms with Crippen molar-refractivity contribution in [1.29, 1.82) is 0 Å². The molecule has 10 nitrogen and oxygen atoms in total. The Kier molecular flexibility index (Phi) is 9.75. The molecule has 1 fully saturated rings. The number of aromatic nitrogens is 2. The molecule has 1 saturated heterocycles. The first-order valence-corrected chi connectivity index (χ1v) is 14.3. The topological polar surface area (TPSA) is 98.2 Å². The van der Waals surface area contributed by atoms with E-state index in [0.29, 0.717) is 37.8 Å². The van der Waals surface area contributed by atoms with Crippen molar-refractivity contribution in [2.24, 2.45) is 0 Å². The predicted molar refractivity (Wildman–Crippen MR) is 159 cm³/mol. The molecule has 4 heterocycles. The summed E-state index contributed by atoms with van der Waals surface area (Å²) in [5.74, 6) is 1.27. The third-order valence-corrected chi connectivity index (χ3v) is 7.29. The van der Waals surface area contributed by atoms with Gasteiger partial charge in [-0.15, -0.1) is 0 Å². The van der Waals surface area contributed by atoms with Crippen molar-refractivity contribution in [3.05, 3.63) is 62.8 Å². The summed E-state index contributed by atoms with van der Waals surface area (Å²) in [6.07, 6.45) is 6.80. The average Bonchev–Trinajstić information content (AvgIpc) is 2.95. The van der Waals surface area contributed by atoms with Crippen LogP contribution in [0.25, 0.3) is 12.7 Å². The van der Waals surface area contributed by atoms with Crippen molar-refractivity contribution < 1.29 is 19.0 Å². The smallest absolute Gasteiger partial charge is 0.410 e. The van der Waals surface area contributed by atoms with Crippen LogP contribution in [0.5, 0.6) is 11.5 Å². The Morgan fingerprint density at radius 3 is 2.56 bits per heavy atom. The largest absolute Gasteiger partial charge is 0.486 e. The number of pyridine rings is 2. The molecule has 0 atom stereocenters. The lowest BCUT2D eigenvalue weighted by Crippen LogP contribution is -2.50. The van der Waals surface area contributed by atoms with E-state index in [2.05, 4.69) is 21.8 Å². The van der Waals surface area contributed by atoms with Gasteiger partial charge in [-0.3, -0.25) is 14.7 Å². The minimum Gasteiger partial charge on any atom is -0.486 e. The zero-order chi connectivity index (χ0) is 29.6. The van der Waals surface area contributed by atoms with Crippen LogP contribution in [0.4, 0.5) is 4.79 Å². The molecule has 41 heavy (non-hydrogen) atoms. The lowest BCUT2D eigenvalue weighted by molar-refractivity contribution is 0.00527. The Balaban J connectivity index is 1.45. The van der Waals surface area contributed by atoms with Crippen molar-refractivity contribution in [1.82, 2.24) is 24.7 Å². The fraction of sp³-hybridized carbons (Fsp3) is 0.516. The minimum atomic E-state index is -0.610. The molecule has 1 amide bonds. The molecule has 1 N–H and O–H groups in total. The maximum atomic E-state index is 13.3. The van der Waals surface area contributed by atoms with Crippen LogP contribution in [-0.4, -0.2) is 77.0 Å².